The third kappa shape index (κ3) is 2.85. The van der Waals surface area contributed by atoms with Crippen molar-refractivity contribution >= 4 is 22.1 Å². The fraction of sp³-hybridized carbons (Fsp3) is 0.278. The zero-order chi connectivity index (χ0) is 14.7. The highest BCUT2D eigenvalue weighted by atomic mass is 32.1. The van der Waals surface area contributed by atoms with E-state index in [1.807, 2.05) is 30.8 Å². The van der Waals surface area contributed by atoms with Crippen LogP contribution in [0.5, 0.6) is 0 Å². The number of pyridine rings is 1. The van der Waals surface area contributed by atoms with E-state index in [0.717, 1.165) is 0 Å². The van der Waals surface area contributed by atoms with Crippen molar-refractivity contribution in [2.24, 2.45) is 0 Å². The SMILES string of the molecule is CCCC(NC)c1ccc(-c2cccc3cnccc23)s1. The van der Waals surface area contributed by atoms with E-state index in [1.165, 1.54) is 38.9 Å². The number of fused-ring (bicyclic) bond motifs is 1. The Bertz CT molecular complexity index is 727. The Morgan fingerprint density at radius 3 is 2.90 bits per heavy atom. The molecule has 21 heavy (non-hydrogen) atoms. The molecule has 0 radical (unpaired) electrons. The molecule has 3 heteroatoms. The largest absolute Gasteiger partial charge is 0.312 e. The van der Waals surface area contributed by atoms with Gasteiger partial charge >= 0.3 is 0 Å². The van der Waals surface area contributed by atoms with E-state index < -0.39 is 0 Å². The van der Waals surface area contributed by atoms with Gasteiger partial charge in [-0.25, -0.2) is 0 Å². The van der Waals surface area contributed by atoms with Crippen molar-refractivity contribution in [1.82, 2.24) is 10.3 Å². The van der Waals surface area contributed by atoms with E-state index in [2.05, 4.69) is 53.6 Å². The Balaban J connectivity index is 2.02. The average Bonchev–Trinajstić information content (AvgIpc) is 3.01. The van der Waals surface area contributed by atoms with Crippen molar-refractivity contribution < 1.29 is 0 Å². The first-order valence-corrected chi connectivity index (χ1v) is 8.25. The van der Waals surface area contributed by atoms with Crippen molar-refractivity contribution in [3.8, 4) is 10.4 Å². The standard InChI is InChI=1S/C18H20N2S/c1-3-5-16(19-2)18-9-8-17(21-18)15-7-4-6-13-12-20-11-10-14(13)15/h4,6-12,16,19H,3,5H2,1-2H3. The first kappa shape index (κ1) is 14.2. The summed E-state index contributed by atoms with van der Waals surface area (Å²) in [5, 5.41) is 5.89. The van der Waals surface area contributed by atoms with E-state index in [9.17, 15) is 0 Å². The van der Waals surface area contributed by atoms with Crippen LogP contribution in [0.4, 0.5) is 0 Å². The van der Waals surface area contributed by atoms with Crippen molar-refractivity contribution in [2.75, 3.05) is 7.05 Å². The molecular formula is C18H20N2S. The van der Waals surface area contributed by atoms with Crippen LogP contribution in [0.3, 0.4) is 0 Å². The van der Waals surface area contributed by atoms with E-state index in [-0.39, 0.29) is 0 Å². The molecule has 1 N–H and O–H groups in total. The Hall–Kier alpha value is -1.71. The molecule has 0 bridgehead atoms. The van der Waals surface area contributed by atoms with Gasteiger partial charge in [0.2, 0.25) is 0 Å². The van der Waals surface area contributed by atoms with Gasteiger partial charge in [0.25, 0.3) is 0 Å². The summed E-state index contributed by atoms with van der Waals surface area (Å²) in [7, 11) is 2.04. The summed E-state index contributed by atoms with van der Waals surface area (Å²) in [6.07, 6.45) is 6.17. The Labute approximate surface area is 129 Å². The van der Waals surface area contributed by atoms with Crippen LogP contribution < -0.4 is 5.32 Å². The Morgan fingerprint density at radius 2 is 2.10 bits per heavy atom. The smallest absolute Gasteiger partial charge is 0.0412 e. The van der Waals surface area contributed by atoms with Gasteiger partial charge in [0.1, 0.15) is 0 Å². The summed E-state index contributed by atoms with van der Waals surface area (Å²) in [5.41, 5.74) is 1.30. The minimum Gasteiger partial charge on any atom is -0.312 e. The molecule has 0 spiro atoms. The molecule has 0 aliphatic carbocycles. The maximum Gasteiger partial charge on any atom is 0.0412 e. The van der Waals surface area contributed by atoms with Crippen molar-refractivity contribution in [2.45, 2.75) is 25.8 Å². The van der Waals surface area contributed by atoms with Gasteiger partial charge in [0.15, 0.2) is 0 Å². The monoisotopic (exact) mass is 296 g/mol. The number of thiophene rings is 1. The lowest BCUT2D eigenvalue weighted by molar-refractivity contribution is 0.550. The second kappa shape index (κ2) is 6.37. The second-order valence-electron chi connectivity index (χ2n) is 5.23. The molecule has 3 aromatic rings. The first-order valence-electron chi connectivity index (χ1n) is 7.43. The summed E-state index contributed by atoms with van der Waals surface area (Å²) in [6.45, 7) is 2.23. The highest BCUT2D eigenvalue weighted by Crippen LogP contribution is 2.36. The normalized spacial score (nSPS) is 12.7. The molecule has 108 valence electrons. The zero-order valence-corrected chi connectivity index (χ0v) is 13.3. The van der Waals surface area contributed by atoms with Crippen LogP contribution in [0.25, 0.3) is 21.2 Å². The predicted molar refractivity (Wildman–Crippen MR) is 91.8 cm³/mol. The molecule has 3 rings (SSSR count). The Morgan fingerprint density at radius 1 is 1.19 bits per heavy atom. The molecule has 2 aromatic heterocycles. The summed E-state index contributed by atoms with van der Waals surface area (Å²) in [5.74, 6) is 0. The molecule has 2 nitrogen and oxygen atoms in total. The van der Waals surface area contributed by atoms with E-state index >= 15 is 0 Å². The molecule has 1 aromatic carbocycles. The van der Waals surface area contributed by atoms with Gasteiger partial charge in [0.05, 0.1) is 0 Å². The molecule has 1 atom stereocenters. The van der Waals surface area contributed by atoms with Crippen LogP contribution >= 0.6 is 11.3 Å². The molecule has 2 heterocycles. The number of benzene rings is 1. The maximum absolute atomic E-state index is 4.21. The molecule has 1 unspecified atom stereocenters. The zero-order valence-electron chi connectivity index (χ0n) is 12.5. The number of nitrogens with one attached hydrogen (secondary N) is 1. The molecule has 0 amide bonds. The third-order valence-corrected chi connectivity index (χ3v) is 5.07. The highest BCUT2D eigenvalue weighted by Gasteiger charge is 2.12. The van der Waals surface area contributed by atoms with Gasteiger partial charge in [-0.2, -0.15) is 0 Å². The topological polar surface area (TPSA) is 24.9 Å². The third-order valence-electron chi connectivity index (χ3n) is 3.84. The minimum atomic E-state index is 0.463. The lowest BCUT2D eigenvalue weighted by Crippen LogP contribution is -2.14. The number of nitrogens with zero attached hydrogens (tertiary/aromatic N) is 1. The van der Waals surface area contributed by atoms with Gasteiger partial charge in [-0.05, 0) is 42.6 Å². The van der Waals surface area contributed by atoms with Crippen LogP contribution in [-0.4, -0.2) is 12.0 Å². The molecule has 0 saturated carbocycles. The van der Waals surface area contributed by atoms with Gasteiger partial charge in [-0.15, -0.1) is 11.3 Å². The molecule has 0 aliphatic rings. The van der Waals surface area contributed by atoms with E-state index in [4.69, 9.17) is 0 Å². The lowest BCUT2D eigenvalue weighted by Gasteiger charge is -2.12. The maximum atomic E-state index is 4.21. The fourth-order valence-corrected chi connectivity index (χ4v) is 3.93. The van der Waals surface area contributed by atoms with Gasteiger partial charge in [-0.1, -0.05) is 31.5 Å². The minimum absolute atomic E-state index is 0.463. The van der Waals surface area contributed by atoms with Crippen molar-refractivity contribution in [3.63, 3.8) is 0 Å². The van der Waals surface area contributed by atoms with Gasteiger partial charge < -0.3 is 5.32 Å². The predicted octanol–water partition coefficient (Wildman–Crippen LogP) is 5.02. The first-order chi connectivity index (χ1) is 10.3. The molecule has 0 fully saturated rings. The fourth-order valence-electron chi connectivity index (χ4n) is 2.74. The summed E-state index contributed by atoms with van der Waals surface area (Å²) < 4.78 is 0. The van der Waals surface area contributed by atoms with Crippen LogP contribution in [0, 0.1) is 0 Å². The second-order valence-corrected chi connectivity index (χ2v) is 6.35. The van der Waals surface area contributed by atoms with Gasteiger partial charge in [-0.3, -0.25) is 4.98 Å². The van der Waals surface area contributed by atoms with Crippen LogP contribution in [-0.2, 0) is 0 Å². The van der Waals surface area contributed by atoms with Crippen LogP contribution in [0.15, 0.2) is 48.8 Å². The summed E-state index contributed by atoms with van der Waals surface area (Å²) in [6, 6.07) is 13.5. The average molecular weight is 296 g/mol. The van der Waals surface area contributed by atoms with E-state index in [0.29, 0.717) is 6.04 Å². The molecule has 0 aliphatic heterocycles. The van der Waals surface area contributed by atoms with E-state index in [1.54, 1.807) is 0 Å². The van der Waals surface area contributed by atoms with Crippen molar-refractivity contribution in [3.05, 3.63) is 53.7 Å². The Kier molecular flexibility index (Phi) is 4.32. The number of hydrogen-bond acceptors (Lipinski definition) is 3. The number of rotatable bonds is 5. The van der Waals surface area contributed by atoms with Gasteiger partial charge in [0, 0.05) is 33.6 Å². The summed E-state index contributed by atoms with van der Waals surface area (Å²) >= 11 is 1.89. The highest BCUT2D eigenvalue weighted by molar-refractivity contribution is 7.15. The molecule has 0 saturated heterocycles. The lowest BCUT2D eigenvalue weighted by atomic mass is 10.1. The number of aromatic nitrogens is 1. The van der Waals surface area contributed by atoms with Crippen molar-refractivity contribution in [1.29, 1.82) is 0 Å². The summed E-state index contributed by atoms with van der Waals surface area (Å²) in [4.78, 5) is 6.96. The van der Waals surface area contributed by atoms with Crippen LogP contribution in [0.2, 0.25) is 0 Å². The van der Waals surface area contributed by atoms with Crippen LogP contribution in [0.1, 0.15) is 30.7 Å². The molecular weight excluding hydrogens is 276 g/mol. The number of hydrogen-bond donors (Lipinski definition) is 1. The quantitative estimate of drug-likeness (QED) is 0.714.